The molecule has 0 unspecified atom stereocenters. The van der Waals surface area contributed by atoms with Gasteiger partial charge in [-0.3, -0.25) is 9.59 Å². The van der Waals surface area contributed by atoms with Crippen molar-refractivity contribution >= 4 is 35.6 Å². The molecule has 0 aliphatic carbocycles. The molecule has 0 aliphatic rings. The van der Waals surface area contributed by atoms with E-state index in [4.69, 9.17) is 11.6 Å². The number of amides is 2. The molecule has 0 fully saturated rings. The molecule has 0 radical (unpaired) electrons. The highest BCUT2D eigenvalue weighted by Gasteiger charge is 2.12. The maximum atomic E-state index is 11.7. The zero-order chi connectivity index (χ0) is 18.9. The van der Waals surface area contributed by atoms with E-state index in [1.54, 1.807) is 48.5 Å². The van der Waals surface area contributed by atoms with Gasteiger partial charge in [-0.25, -0.2) is 10.2 Å². The Kier molecular flexibility index (Phi) is 6.87. The van der Waals surface area contributed by atoms with Crippen LogP contribution in [-0.4, -0.2) is 31.1 Å². The number of nitrogens with zero attached hydrogens (tertiary/aromatic N) is 1. The molecule has 0 saturated carbocycles. The number of esters is 1. The van der Waals surface area contributed by atoms with Crippen LogP contribution in [0.2, 0.25) is 5.02 Å². The van der Waals surface area contributed by atoms with Crippen LogP contribution < -0.4 is 10.7 Å². The summed E-state index contributed by atoms with van der Waals surface area (Å²) in [5.74, 6) is -2.18. The highest BCUT2D eigenvalue weighted by Crippen LogP contribution is 2.14. The highest BCUT2D eigenvalue weighted by molar-refractivity contribution is 6.35. The van der Waals surface area contributed by atoms with Gasteiger partial charge in [-0.15, -0.1) is 0 Å². The number of carbonyl (C=O) groups is 3. The summed E-state index contributed by atoms with van der Waals surface area (Å²) < 4.78 is 4.60. The number of hydrogen-bond acceptors (Lipinski definition) is 5. The SMILES string of the molecule is COC(=O)c1ccc(/C=N/NC(=O)C(=O)NCc2ccccc2Cl)cc1. The molecule has 2 aromatic carbocycles. The van der Waals surface area contributed by atoms with Gasteiger partial charge in [-0.1, -0.05) is 41.9 Å². The standard InChI is InChI=1S/C18H16ClN3O4/c1-26-18(25)13-8-6-12(7-9-13)10-21-22-17(24)16(23)20-11-14-4-2-3-5-15(14)19/h2-10H,11H2,1H3,(H,20,23)(H,22,24)/b21-10+. The first-order valence-corrected chi connectivity index (χ1v) is 7.92. The molecule has 7 nitrogen and oxygen atoms in total. The van der Waals surface area contributed by atoms with E-state index in [2.05, 4.69) is 20.6 Å². The summed E-state index contributed by atoms with van der Waals surface area (Å²) in [5, 5.41) is 6.66. The molecular formula is C18H16ClN3O4. The second-order valence-corrected chi connectivity index (χ2v) is 5.49. The van der Waals surface area contributed by atoms with Gasteiger partial charge in [-0.2, -0.15) is 5.10 Å². The lowest BCUT2D eigenvalue weighted by Crippen LogP contribution is -2.37. The van der Waals surface area contributed by atoms with E-state index < -0.39 is 17.8 Å². The van der Waals surface area contributed by atoms with Crippen molar-refractivity contribution < 1.29 is 19.1 Å². The second-order valence-electron chi connectivity index (χ2n) is 5.09. The molecule has 2 amide bonds. The van der Waals surface area contributed by atoms with Crippen LogP contribution in [0, 0.1) is 0 Å². The third kappa shape index (κ3) is 5.42. The van der Waals surface area contributed by atoms with Crippen LogP contribution in [0.1, 0.15) is 21.5 Å². The number of hydrogen-bond donors (Lipinski definition) is 2. The topological polar surface area (TPSA) is 96.9 Å². The van der Waals surface area contributed by atoms with Gasteiger partial charge in [-0.05, 0) is 29.3 Å². The number of rotatable bonds is 5. The summed E-state index contributed by atoms with van der Waals surface area (Å²) in [7, 11) is 1.30. The number of ether oxygens (including phenoxy) is 1. The summed E-state index contributed by atoms with van der Waals surface area (Å²) in [5.41, 5.74) is 3.85. The normalized spacial score (nSPS) is 10.4. The van der Waals surface area contributed by atoms with Gasteiger partial charge < -0.3 is 10.1 Å². The van der Waals surface area contributed by atoms with Crippen molar-refractivity contribution in [2.75, 3.05) is 7.11 Å². The van der Waals surface area contributed by atoms with Gasteiger partial charge in [0.15, 0.2) is 0 Å². The van der Waals surface area contributed by atoms with Crippen molar-refractivity contribution in [1.29, 1.82) is 0 Å². The molecule has 0 aliphatic heterocycles. The van der Waals surface area contributed by atoms with Crippen LogP contribution in [0.5, 0.6) is 0 Å². The Morgan fingerprint density at radius 1 is 1.08 bits per heavy atom. The van der Waals surface area contributed by atoms with E-state index in [1.165, 1.54) is 13.3 Å². The van der Waals surface area contributed by atoms with E-state index in [-0.39, 0.29) is 6.54 Å². The molecule has 2 N–H and O–H groups in total. The molecule has 0 saturated heterocycles. The van der Waals surface area contributed by atoms with E-state index >= 15 is 0 Å². The van der Waals surface area contributed by atoms with Gasteiger partial charge in [0, 0.05) is 11.6 Å². The van der Waals surface area contributed by atoms with Crippen LogP contribution in [0.15, 0.2) is 53.6 Å². The Morgan fingerprint density at radius 2 is 1.77 bits per heavy atom. The van der Waals surface area contributed by atoms with E-state index in [1.807, 2.05) is 0 Å². The maximum absolute atomic E-state index is 11.7. The molecule has 26 heavy (non-hydrogen) atoms. The maximum Gasteiger partial charge on any atom is 0.337 e. The number of nitrogens with one attached hydrogen (secondary N) is 2. The van der Waals surface area contributed by atoms with Crippen molar-refractivity contribution in [3.63, 3.8) is 0 Å². The highest BCUT2D eigenvalue weighted by atomic mass is 35.5. The molecule has 8 heteroatoms. The minimum atomic E-state index is -0.903. The minimum Gasteiger partial charge on any atom is -0.465 e. The Balaban J connectivity index is 1.83. The van der Waals surface area contributed by atoms with Gasteiger partial charge in [0.05, 0.1) is 18.9 Å². The largest absolute Gasteiger partial charge is 0.465 e. The van der Waals surface area contributed by atoms with E-state index in [0.717, 1.165) is 0 Å². The quantitative estimate of drug-likeness (QED) is 0.362. The fraction of sp³-hybridized carbons (Fsp3) is 0.111. The fourth-order valence-electron chi connectivity index (χ4n) is 1.94. The van der Waals surface area contributed by atoms with Crippen molar-refractivity contribution in [2.24, 2.45) is 5.10 Å². The Labute approximate surface area is 155 Å². The van der Waals surface area contributed by atoms with Gasteiger partial charge >= 0.3 is 17.8 Å². The summed E-state index contributed by atoms with van der Waals surface area (Å²) in [4.78, 5) is 34.7. The zero-order valence-corrected chi connectivity index (χ0v) is 14.6. The predicted molar refractivity (Wildman–Crippen MR) is 96.8 cm³/mol. The third-order valence-corrected chi connectivity index (χ3v) is 3.68. The first kappa shape index (κ1) is 19.1. The van der Waals surface area contributed by atoms with Crippen LogP contribution >= 0.6 is 11.6 Å². The number of halogens is 1. The number of benzene rings is 2. The Morgan fingerprint density at radius 3 is 2.42 bits per heavy atom. The lowest BCUT2D eigenvalue weighted by atomic mass is 10.1. The summed E-state index contributed by atoms with van der Waals surface area (Å²) in [6.45, 7) is 0.130. The lowest BCUT2D eigenvalue weighted by molar-refractivity contribution is -0.139. The number of methoxy groups -OCH3 is 1. The summed E-state index contributed by atoms with van der Waals surface area (Å²) in [6.07, 6.45) is 1.35. The van der Waals surface area contributed by atoms with E-state index in [9.17, 15) is 14.4 Å². The van der Waals surface area contributed by atoms with E-state index in [0.29, 0.717) is 21.7 Å². The monoisotopic (exact) mass is 373 g/mol. The molecule has 0 aromatic heterocycles. The van der Waals surface area contributed by atoms with Crippen LogP contribution in [0.25, 0.3) is 0 Å². The first-order valence-electron chi connectivity index (χ1n) is 7.54. The van der Waals surface area contributed by atoms with Gasteiger partial charge in [0.25, 0.3) is 0 Å². The van der Waals surface area contributed by atoms with Gasteiger partial charge in [0.2, 0.25) is 0 Å². The van der Waals surface area contributed by atoms with Crippen molar-refractivity contribution in [3.8, 4) is 0 Å². The molecular weight excluding hydrogens is 358 g/mol. The molecule has 0 heterocycles. The van der Waals surface area contributed by atoms with Crippen molar-refractivity contribution in [3.05, 3.63) is 70.2 Å². The van der Waals surface area contributed by atoms with Crippen LogP contribution in [0.4, 0.5) is 0 Å². The Hall–Kier alpha value is -3.19. The predicted octanol–water partition coefficient (Wildman–Crippen LogP) is 1.89. The fourth-order valence-corrected chi connectivity index (χ4v) is 2.14. The minimum absolute atomic E-state index is 0.130. The third-order valence-electron chi connectivity index (χ3n) is 3.31. The van der Waals surface area contributed by atoms with Crippen LogP contribution in [-0.2, 0) is 20.9 Å². The smallest absolute Gasteiger partial charge is 0.337 e. The number of hydrazone groups is 1. The molecule has 2 aromatic rings. The molecule has 0 atom stereocenters. The van der Waals surface area contributed by atoms with Gasteiger partial charge in [0.1, 0.15) is 0 Å². The number of carbonyl (C=O) groups excluding carboxylic acids is 3. The first-order chi connectivity index (χ1) is 12.5. The lowest BCUT2D eigenvalue weighted by Gasteiger charge is -2.05. The molecule has 134 valence electrons. The Bertz CT molecular complexity index is 835. The summed E-state index contributed by atoms with van der Waals surface area (Å²) >= 11 is 5.97. The van der Waals surface area contributed by atoms with Crippen molar-refractivity contribution in [1.82, 2.24) is 10.7 Å². The van der Waals surface area contributed by atoms with Crippen molar-refractivity contribution in [2.45, 2.75) is 6.54 Å². The second kappa shape index (κ2) is 9.33. The summed E-state index contributed by atoms with van der Waals surface area (Å²) in [6, 6.07) is 13.4. The average molecular weight is 374 g/mol. The molecule has 2 rings (SSSR count). The molecule has 0 bridgehead atoms. The zero-order valence-electron chi connectivity index (χ0n) is 13.9. The average Bonchev–Trinajstić information content (AvgIpc) is 2.67. The molecule has 0 spiro atoms. The van der Waals surface area contributed by atoms with Crippen LogP contribution in [0.3, 0.4) is 0 Å².